The molecule has 0 aliphatic carbocycles. The summed E-state index contributed by atoms with van der Waals surface area (Å²) in [6.07, 6.45) is 0. The number of carbonyl (C=O) groups is 1. The van der Waals surface area contributed by atoms with Crippen LogP contribution in [0.2, 0.25) is 0 Å². The molecule has 0 fully saturated rings. The Morgan fingerprint density at radius 1 is 1.11 bits per heavy atom. The monoisotopic (exact) mass is 409 g/mol. The molecule has 0 spiro atoms. The minimum atomic E-state index is -4.14. The van der Waals surface area contributed by atoms with Gasteiger partial charge in [0, 0.05) is 0 Å². The predicted molar refractivity (Wildman–Crippen MR) is 103 cm³/mol. The number of ether oxygens (including phenoxy) is 1. The van der Waals surface area contributed by atoms with Crippen molar-refractivity contribution in [2.45, 2.75) is 32.3 Å². The first-order valence-electron chi connectivity index (χ1n) is 8.31. The van der Waals surface area contributed by atoms with Crippen LogP contribution in [-0.2, 0) is 31.1 Å². The van der Waals surface area contributed by atoms with Gasteiger partial charge in [0.25, 0.3) is 10.0 Å². The number of benzene rings is 2. The van der Waals surface area contributed by atoms with E-state index >= 15 is 0 Å². The second-order valence-corrected chi connectivity index (χ2v) is 7.85. The highest BCUT2D eigenvalue weighted by molar-refractivity contribution is 7.92. The van der Waals surface area contributed by atoms with Crippen LogP contribution in [0.1, 0.15) is 32.6 Å². The summed E-state index contributed by atoms with van der Waals surface area (Å²) in [6.45, 7) is 5.05. The number of methoxy groups -OCH3 is 1. The summed E-state index contributed by atoms with van der Waals surface area (Å²) >= 11 is 0. The lowest BCUT2D eigenvalue weighted by Gasteiger charge is -2.17. The van der Waals surface area contributed by atoms with Gasteiger partial charge in [0.1, 0.15) is 17.3 Å². The Morgan fingerprint density at radius 3 is 2.39 bits per heavy atom. The number of nitrogens with one attached hydrogen (secondary N) is 1. The number of aromatic hydroxyl groups is 1. The molecule has 0 bridgehead atoms. The second-order valence-electron chi connectivity index (χ2n) is 6.20. The van der Waals surface area contributed by atoms with Gasteiger partial charge in [-0.2, -0.15) is 0 Å². The average molecular weight is 409 g/mol. The highest BCUT2D eigenvalue weighted by Gasteiger charge is 2.25. The van der Waals surface area contributed by atoms with Crippen molar-refractivity contribution in [2.24, 2.45) is 0 Å². The van der Waals surface area contributed by atoms with Crippen molar-refractivity contribution >= 4 is 21.7 Å². The van der Waals surface area contributed by atoms with Gasteiger partial charge < -0.3 is 9.84 Å². The third-order valence-electron chi connectivity index (χ3n) is 4.38. The lowest BCUT2D eigenvalue weighted by atomic mass is 10.0. The van der Waals surface area contributed by atoms with E-state index in [1.54, 1.807) is 26.8 Å². The molecule has 8 nitrogen and oxygen atoms in total. The zero-order valence-corrected chi connectivity index (χ0v) is 17.1. The molecular formula is C19H23NO7S. The summed E-state index contributed by atoms with van der Waals surface area (Å²) in [6, 6.07) is 5.76. The van der Waals surface area contributed by atoms with Crippen molar-refractivity contribution in [3.8, 4) is 5.75 Å². The van der Waals surface area contributed by atoms with E-state index in [2.05, 4.69) is 9.61 Å². The van der Waals surface area contributed by atoms with Gasteiger partial charge in [0.2, 0.25) is 0 Å². The quantitative estimate of drug-likeness (QED) is 0.313. The van der Waals surface area contributed by atoms with Crippen LogP contribution in [0.3, 0.4) is 0 Å². The van der Waals surface area contributed by atoms with Crippen molar-refractivity contribution < 1.29 is 32.8 Å². The molecule has 2 N–H and O–H groups in total. The van der Waals surface area contributed by atoms with Crippen LogP contribution >= 0.6 is 0 Å². The van der Waals surface area contributed by atoms with E-state index in [4.69, 9.17) is 9.62 Å². The van der Waals surface area contributed by atoms with Gasteiger partial charge in [-0.25, -0.2) is 23.0 Å². The molecule has 0 aliphatic rings. The number of phenols is 1. The minimum Gasteiger partial charge on any atom is -0.507 e. The molecule has 0 aromatic heterocycles. The van der Waals surface area contributed by atoms with Crippen LogP contribution in [0, 0.1) is 20.8 Å². The Hall–Kier alpha value is -2.62. The van der Waals surface area contributed by atoms with Gasteiger partial charge in [-0.3, -0.25) is 4.72 Å². The smallest absolute Gasteiger partial charge is 0.339 e. The normalized spacial score (nSPS) is 11.3. The summed E-state index contributed by atoms with van der Waals surface area (Å²) in [5.41, 5.74) is 2.35. The fourth-order valence-corrected chi connectivity index (χ4v) is 4.02. The first-order valence-corrected chi connectivity index (χ1v) is 9.80. The van der Waals surface area contributed by atoms with Crippen LogP contribution in [0.5, 0.6) is 5.75 Å². The van der Waals surface area contributed by atoms with Gasteiger partial charge in [-0.15, -0.1) is 0 Å². The maximum atomic E-state index is 13.1. The Balaban J connectivity index is 2.56. The first-order chi connectivity index (χ1) is 13.1. The highest BCUT2D eigenvalue weighted by Crippen LogP contribution is 2.32. The summed E-state index contributed by atoms with van der Waals surface area (Å²) < 4.78 is 33.3. The molecule has 28 heavy (non-hydrogen) atoms. The summed E-state index contributed by atoms with van der Waals surface area (Å²) in [5.74, 6) is -0.677. The van der Waals surface area contributed by atoms with E-state index in [1.807, 2.05) is 0 Å². The van der Waals surface area contributed by atoms with Crippen molar-refractivity contribution in [2.75, 3.05) is 18.9 Å². The SMILES string of the molecule is COOCc1ccc(C(=O)OC)c(S(=O)(=O)Nc2cc(C)c(O)c(C)c2C)c1. The van der Waals surface area contributed by atoms with Crippen molar-refractivity contribution in [3.05, 3.63) is 52.1 Å². The van der Waals surface area contributed by atoms with Gasteiger partial charge >= 0.3 is 5.97 Å². The molecule has 0 radical (unpaired) electrons. The lowest BCUT2D eigenvalue weighted by molar-refractivity contribution is -0.282. The number of hydrogen-bond acceptors (Lipinski definition) is 7. The third kappa shape index (κ3) is 4.44. The van der Waals surface area contributed by atoms with Crippen LogP contribution in [0.15, 0.2) is 29.2 Å². The Kier molecular flexibility index (Phi) is 6.65. The standard InChI is InChI=1S/C19H23NO7S/c1-11-8-16(12(2)13(3)18(11)21)20-28(23,24)17-9-14(10-27-26-5)6-7-15(17)19(22)25-4/h6-9,20-21H,10H2,1-5H3. The molecular weight excluding hydrogens is 386 g/mol. The number of sulfonamides is 1. The van der Waals surface area contributed by atoms with Crippen molar-refractivity contribution in [3.63, 3.8) is 0 Å². The number of anilines is 1. The molecule has 0 heterocycles. The van der Waals surface area contributed by atoms with E-state index in [1.165, 1.54) is 32.4 Å². The molecule has 152 valence electrons. The van der Waals surface area contributed by atoms with Gasteiger partial charge in [0.05, 0.1) is 25.5 Å². The summed E-state index contributed by atoms with van der Waals surface area (Å²) in [5, 5.41) is 10.0. The van der Waals surface area contributed by atoms with E-state index in [0.29, 0.717) is 27.9 Å². The Labute approximate surface area is 164 Å². The Bertz CT molecular complexity index is 1000. The molecule has 0 saturated carbocycles. The molecule has 0 amide bonds. The third-order valence-corrected chi connectivity index (χ3v) is 5.79. The van der Waals surface area contributed by atoms with Gasteiger partial charge in [-0.1, -0.05) is 6.07 Å². The molecule has 0 saturated heterocycles. The highest BCUT2D eigenvalue weighted by atomic mass is 32.2. The fraction of sp³-hybridized carbons (Fsp3) is 0.316. The first kappa shape index (κ1) is 21.7. The number of esters is 1. The predicted octanol–water partition coefficient (Wildman–Crippen LogP) is 2.98. The van der Waals surface area contributed by atoms with E-state index in [0.717, 1.165) is 0 Å². The van der Waals surface area contributed by atoms with Crippen LogP contribution in [-0.4, -0.2) is 33.7 Å². The molecule has 2 aromatic carbocycles. The minimum absolute atomic E-state index is 0.00305. The molecule has 9 heteroatoms. The average Bonchev–Trinajstić information content (AvgIpc) is 2.67. The summed E-state index contributed by atoms with van der Waals surface area (Å²) in [7, 11) is -1.64. The van der Waals surface area contributed by atoms with E-state index < -0.39 is 16.0 Å². The van der Waals surface area contributed by atoms with Gasteiger partial charge in [0.15, 0.2) is 0 Å². The zero-order valence-electron chi connectivity index (χ0n) is 16.3. The fourth-order valence-electron chi connectivity index (χ4n) is 2.66. The van der Waals surface area contributed by atoms with E-state index in [-0.39, 0.29) is 22.8 Å². The van der Waals surface area contributed by atoms with Crippen LogP contribution in [0.25, 0.3) is 0 Å². The number of aryl methyl sites for hydroxylation is 1. The number of rotatable bonds is 7. The molecule has 0 unspecified atom stereocenters. The number of hydrogen-bond donors (Lipinski definition) is 2. The van der Waals surface area contributed by atoms with Crippen LogP contribution < -0.4 is 4.72 Å². The molecule has 2 aromatic rings. The van der Waals surface area contributed by atoms with Crippen molar-refractivity contribution in [1.29, 1.82) is 0 Å². The topological polar surface area (TPSA) is 111 Å². The molecule has 0 atom stereocenters. The second kappa shape index (κ2) is 8.59. The van der Waals surface area contributed by atoms with E-state index in [9.17, 15) is 18.3 Å². The Morgan fingerprint density at radius 2 is 1.79 bits per heavy atom. The molecule has 0 aliphatic heterocycles. The zero-order chi connectivity index (χ0) is 21.1. The lowest BCUT2D eigenvalue weighted by Crippen LogP contribution is -2.19. The number of carbonyl (C=O) groups excluding carboxylic acids is 1. The number of phenolic OH excluding ortho intramolecular Hbond substituents is 1. The van der Waals surface area contributed by atoms with Crippen LogP contribution in [0.4, 0.5) is 5.69 Å². The molecule has 2 rings (SSSR count). The summed E-state index contributed by atoms with van der Waals surface area (Å²) in [4.78, 5) is 21.2. The maximum absolute atomic E-state index is 13.1. The van der Waals surface area contributed by atoms with Gasteiger partial charge in [-0.05, 0) is 61.2 Å². The maximum Gasteiger partial charge on any atom is 0.339 e. The largest absolute Gasteiger partial charge is 0.507 e. The van der Waals surface area contributed by atoms with Crippen molar-refractivity contribution in [1.82, 2.24) is 0 Å².